The monoisotopic (exact) mass is 309 g/mol. The molecule has 0 saturated carbocycles. The zero-order valence-corrected chi connectivity index (χ0v) is 11.8. The molecule has 0 aliphatic rings. The van der Waals surface area contributed by atoms with Crippen molar-refractivity contribution >= 4 is 22.8 Å². The molecule has 0 radical (unpaired) electrons. The Morgan fingerprint density at radius 1 is 1.36 bits per heavy atom. The molecule has 8 heteroatoms. The number of amides is 1. The van der Waals surface area contributed by atoms with Crippen LogP contribution in [0.25, 0.3) is 10.9 Å². The van der Waals surface area contributed by atoms with Crippen LogP contribution in [0.5, 0.6) is 0 Å². The standard InChI is InChI=1S/C14H17N3O4.H2O/c15-10(13(19)17-12(7-18)14(20)21)5-8-6-16-11-4-2-1-3-9(8)11;/h1-4,6,10,12,16,18H,5,7,15H2,(H,17,19)(H,20,21);1H2/t10-,12-;/m0./s1. The molecule has 22 heavy (non-hydrogen) atoms. The minimum absolute atomic E-state index is 0. The van der Waals surface area contributed by atoms with E-state index in [0.29, 0.717) is 6.42 Å². The van der Waals surface area contributed by atoms with E-state index in [1.807, 2.05) is 24.3 Å². The van der Waals surface area contributed by atoms with Gasteiger partial charge in [0.2, 0.25) is 0 Å². The number of benzene rings is 1. The highest BCUT2D eigenvalue weighted by Gasteiger charge is 2.22. The molecule has 1 aromatic carbocycles. The van der Waals surface area contributed by atoms with Gasteiger partial charge in [-0.2, -0.15) is 0 Å². The molecule has 0 unspecified atom stereocenters. The van der Waals surface area contributed by atoms with E-state index in [2.05, 4.69) is 16.0 Å². The molecule has 2 aromatic rings. The van der Waals surface area contributed by atoms with Gasteiger partial charge in [-0.15, -0.1) is 0 Å². The zero-order valence-electron chi connectivity index (χ0n) is 11.8. The van der Waals surface area contributed by atoms with Gasteiger partial charge in [-0.3, -0.25) is 4.79 Å². The molecule has 120 valence electrons. The number of para-hydroxylation sites is 1. The van der Waals surface area contributed by atoms with Gasteiger partial charge in [-0.1, -0.05) is 18.2 Å². The normalized spacial score (nSPS) is 13.2. The highest BCUT2D eigenvalue weighted by Crippen LogP contribution is 2.18. The lowest BCUT2D eigenvalue weighted by atomic mass is 10.0. The van der Waals surface area contributed by atoms with Crippen molar-refractivity contribution in [3.8, 4) is 0 Å². The molecule has 8 N–H and O–H groups in total. The first-order chi connectivity index (χ1) is 10.0. The first-order valence-electron chi connectivity index (χ1n) is 6.53. The molecule has 1 amide bonds. The first kappa shape index (κ1) is 17.6. The van der Waals surface area contributed by atoms with Crippen LogP contribution in [0.15, 0.2) is 30.5 Å². The Morgan fingerprint density at radius 2 is 2.05 bits per heavy atom. The van der Waals surface area contributed by atoms with E-state index in [1.165, 1.54) is 0 Å². The fourth-order valence-electron chi connectivity index (χ4n) is 2.13. The number of carboxylic acids is 1. The van der Waals surface area contributed by atoms with Gasteiger partial charge in [-0.25, -0.2) is 0 Å². The Hall–Kier alpha value is -2.42. The number of nitrogens with one attached hydrogen (secondary N) is 2. The van der Waals surface area contributed by atoms with Crippen LogP contribution in [-0.2, 0) is 16.0 Å². The Bertz CT molecular complexity index is 655. The summed E-state index contributed by atoms with van der Waals surface area (Å²) in [6, 6.07) is 5.58. The van der Waals surface area contributed by atoms with Gasteiger partial charge in [0.15, 0.2) is 6.04 Å². The van der Waals surface area contributed by atoms with E-state index >= 15 is 0 Å². The van der Waals surface area contributed by atoms with Crippen LogP contribution in [-0.4, -0.2) is 46.1 Å². The first-order valence-corrected chi connectivity index (χ1v) is 6.53. The van der Waals surface area contributed by atoms with Gasteiger partial charge in [0.05, 0.1) is 18.6 Å². The number of carbonyl (C=O) groups excluding carboxylic acids is 2. The summed E-state index contributed by atoms with van der Waals surface area (Å²) < 4.78 is 0. The number of aromatic nitrogens is 1. The van der Waals surface area contributed by atoms with Crippen molar-refractivity contribution in [1.82, 2.24) is 10.3 Å². The predicted molar refractivity (Wildman–Crippen MR) is 76.3 cm³/mol. The van der Waals surface area contributed by atoms with E-state index in [0.717, 1.165) is 16.5 Å². The van der Waals surface area contributed by atoms with Crippen LogP contribution in [0.1, 0.15) is 5.56 Å². The van der Waals surface area contributed by atoms with Crippen molar-refractivity contribution in [3.05, 3.63) is 36.0 Å². The summed E-state index contributed by atoms with van der Waals surface area (Å²) in [4.78, 5) is 25.7. The van der Waals surface area contributed by atoms with Crippen LogP contribution in [0.3, 0.4) is 0 Å². The Labute approximate surface area is 126 Å². The summed E-state index contributed by atoms with van der Waals surface area (Å²) in [5, 5.41) is 22.7. The van der Waals surface area contributed by atoms with Crippen molar-refractivity contribution in [2.24, 2.45) is 0 Å². The number of aromatic amines is 1. The Balaban J connectivity index is 0.00000242. The minimum atomic E-state index is -1.52. The van der Waals surface area contributed by atoms with Crippen molar-refractivity contribution in [3.63, 3.8) is 0 Å². The van der Waals surface area contributed by atoms with Crippen LogP contribution in [0.4, 0.5) is 0 Å². The lowest BCUT2D eigenvalue weighted by Gasteiger charge is -2.18. The van der Waals surface area contributed by atoms with Crippen molar-refractivity contribution in [2.75, 3.05) is 6.61 Å². The molecule has 0 spiro atoms. The highest BCUT2D eigenvalue weighted by molar-refractivity contribution is 5.87. The molecular formula is C14H19N3O5. The number of aliphatic hydroxyl groups is 1. The maximum atomic E-state index is 11.9. The molecule has 1 heterocycles. The summed E-state index contributed by atoms with van der Waals surface area (Å²) in [6.07, 6.45) is 2.17. The van der Waals surface area contributed by atoms with E-state index in [4.69, 9.17) is 5.11 Å². The molecule has 0 aliphatic heterocycles. The van der Waals surface area contributed by atoms with E-state index in [9.17, 15) is 14.7 Å². The second kappa shape index (κ2) is 7.55. The summed E-state index contributed by atoms with van der Waals surface area (Å²) in [7, 11) is 0. The van der Waals surface area contributed by atoms with Crippen molar-refractivity contribution in [1.29, 1.82) is 0 Å². The lowest BCUT2D eigenvalue weighted by Crippen LogP contribution is -2.70. The van der Waals surface area contributed by atoms with E-state index in [1.54, 1.807) is 6.20 Å². The third kappa shape index (κ3) is 3.82. The number of fused-ring (bicyclic) bond motifs is 1. The number of quaternary nitrogens is 1. The third-order valence-corrected chi connectivity index (χ3v) is 3.30. The van der Waals surface area contributed by atoms with Crippen LogP contribution < -0.4 is 16.2 Å². The molecule has 2 rings (SSSR count). The van der Waals surface area contributed by atoms with Gasteiger partial charge in [0.25, 0.3) is 5.91 Å². The summed E-state index contributed by atoms with van der Waals surface area (Å²) in [6.45, 7) is -0.714. The molecule has 0 bridgehead atoms. The second-order valence-corrected chi connectivity index (χ2v) is 4.82. The molecule has 1 aromatic heterocycles. The van der Waals surface area contributed by atoms with Gasteiger partial charge < -0.3 is 36.5 Å². The number of carbonyl (C=O) groups is 2. The summed E-state index contributed by atoms with van der Waals surface area (Å²) in [5.74, 6) is -2.06. The zero-order chi connectivity index (χ0) is 15.4. The Kier molecular flexibility index (Phi) is 6.05. The number of rotatable bonds is 6. The van der Waals surface area contributed by atoms with Gasteiger partial charge in [-0.05, 0) is 11.6 Å². The molecular weight excluding hydrogens is 290 g/mol. The fraction of sp³-hybridized carbons (Fsp3) is 0.286. The maximum Gasteiger partial charge on any atom is 0.279 e. The summed E-state index contributed by atoms with van der Waals surface area (Å²) in [5.41, 5.74) is 5.63. The van der Waals surface area contributed by atoms with E-state index in [-0.39, 0.29) is 5.48 Å². The van der Waals surface area contributed by atoms with Crippen LogP contribution >= 0.6 is 0 Å². The highest BCUT2D eigenvalue weighted by atomic mass is 16.4. The van der Waals surface area contributed by atoms with Crippen LogP contribution in [0, 0.1) is 0 Å². The average Bonchev–Trinajstić information content (AvgIpc) is 2.87. The largest absolute Gasteiger partial charge is 0.548 e. The second-order valence-electron chi connectivity index (χ2n) is 4.82. The summed E-state index contributed by atoms with van der Waals surface area (Å²) >= 11 is 0. The van der Waals surface area contributed by atoms with Gasteiger partial charge in [0, 0.05) is 23.5 Å². The van der Waals surface area contributed by atoms with Gasteiger partial charge in [0.1, 0.15) is 0 Å². The number of aliphatic hydroxyl groups excluding tert-OH is 1. The SMILES string of the molecule is O.[NH3+][C@@H](Cc1c[nH]c2ccccc12)C(=O)N[C@@H](CO)C(=O)[O-]. The van der Waals surface area contributed by atoms with Crippen LogP contribution in [0.2, 0.25) is 0 Å². The maximum absolute atomic E-state index is 11.9. The number of aliphatic carboxylic acids is 1. The van der Waals surface area contributed by atoms with Crippen molar-refractivity contribution in [2.45, 2.75) is 18.5 Å². The quantitative estimate of drug-likeness (QED) is 0.440. The number of H-pyrrole nitrogens is 1. The molecule has 0 fully saturated rings. The Morgan fingerprint density at radius 3 is 2.68 bits per heavy atom. The minimum Gasteiger partial charge on any atom is -0.548 e. The van der Waals surface area contributed by atoms with Gasteiger partial charge >= 0.3 is 0 Å². The van der Waals surface area contributed by atoms with E-state index < -0.39 is 30.6 Å². The topological polar surface area (TPSA) is 164 Å². The smallest absolute Gasteiger partial charge is 0.279 e. The lowest BCUT2D eigenvalue weighted by molar-refractivity contribution is -0.403. The fourth-order valence-corrected chi connectivity index (χ4v) is 2.13. The molecule has 8 nitrogen and oxygen atoms in total. The third-order valence-electron chi connectivity index (χ3n) is 3.30. The average molecular weight is 309 g/mol. The predicted octanol–water partition coefficient (Wildman–Crippen LogP) is -3.28. The van der Waals surface area contributed by atoms with Crippen molar-refractivity contribution < 1.29 is 31.0 Å². The number of hydrogen-bond donors (Lipinski definition) is 4. The number of hydrogen-bond acceptors (Lipinski definition) is 4. The molecule has 0 saturated heterocycles. The molecule has 2 atom stereocenters. The number of carboxylic acid groups (broad SMARTS) is 1. The molecule has 0 aliphatic carbocycles.